The maximum atomic E-state index is 9.03. The van der Waals surface area contributed by atoms with E-state index in [1.54, 1.807) is 0 Å². The lowest BCUT2D eigenvalue weighted by Crippen LogP contribution is -2.24. The highest BCUT2D eigenvalue weighted by Crippen LogP contribution is 2.15. The standard InChI is InChI=1S/C21H44NO/c1-4-6-7-8-9-10-11-12-13-14-15-16-18-21(17-5-2)22(3)19-20-23/h19,21,23H,4-18,20H2,1-3H3/q+1. The van der Waals surface area contributed by atoms with E-state index in [0.717, 1.165) is 0 Å². The first kappa shape index (κ1) is 22.6. The molecule has 138 valence electrons. The van der Waals surface area contributed by atoms with Gasteiger partial charge in [-0.05, 0) is 12.8 Å². The molecule has 0 bridgehead atoms. The van der Waals surface area contributed by atoms with Crippen LogP contribution in [0.4, 0.5) is 0 Å². The van der Waals surface area contributed by atoms with E-state index in [1.165, 1.54) is 96.3 Å². The molecule has 0 aromatic heterocycles. The van der Waals surface area contributed by atoms with E-state index in [4.69, 9.17) is 5.11 Å². The Morgan fingerprint density at radius 2 is 1.17 bits per heavy atom. The Balaban J connectivity index is 3.44. The molecule has 0 aromatic carbocycles. The van der Waals surface area contributed by atoms with Crippen molar-refractivity contribution in [3.63, 3.8) is 0 Å². The lowest BCUT2D eigenvalue weighted by Gasteiger charge is -2.12. The smallest absolute Gasteiger partial charge is 0.165 e. The quantitative estimate of drug-likeness (QED) is 0.199. The van der Waals surface area contributed by atoms with Gasteiger partial charge < -0.3 is 5.11 Å². The third-order valence-corrected chi connectivity index (χ3v) is 4.96. The van der Waals surface area contributed by atoms with Crippen molar-refractivity contribution in [3.05, 3.63) is 0 Å². The van der Waals surface area contributed by atoms with Crippen LogP contribution >= 0.6 is 0 Å². The zero-order chi connectivity index (χ0) is 17.2. The van der Waals surface area contributed by atoms with Crippen molar-refractivity contribution in [2.45, 2.75) is 116 Å². The number of hydrogen-bond acceptors (Lipinski definition) is 1. The van der Waals surface area contributed by atoms with Gasteiger partial charge in [0.15, 0.2) is 12.3 Å². The predicted molar refractivity (Wildman–Crippen MR) is 104 cm³/mol. The molecule has 0 saturated heterocycles. The molecule has 23 heavy (non-hydrogen) atoms. The van der Waals surface area contributed by atoms with Crippen molar-refractivity contribution in [2.75, 3.05) is 13.7 Å². The van der Waals surface area contributed by atoms with Crippen LogP contribution in [-0.2, 0) is 0 Å². The summed E-state index contributed by atoms with van der Waals surface area (Å²) in [7, 11) is 2.11. The van der Waals surface area contributed by atoms with Crippen LogP contribution in [0.3, 0.4) is 0 Å². The van der Waals surface area contributed by atoms with Crippen LogP contribution in [0, 0.1) is 0 Å². The van der Waals surface area contributed by atoms with Crippen molar-refractivity contribution >= 4 is 6.21 Å². The Morgan fingerprint density at radius 1 is 0.696 bits per heavy atom. The van der Waals surface area contributed by atoms with Gasteiger partial charge in [-0.3, -0.25) is 0 Å². The van der Waals surface area contributed by atoms with Crippen LogP contribution in [0.1, 0.15) is 110 Å². The number of aliphatic hydroxyl groups excluding tert-OH is 1. The summed E-state index contributed by atoms with van der Waals surface area (Å²) in [5.74, 6) is 0. The number of hydrogen-bond donors (Lipinski definition) is 1. The van der Waals surface area contributed by atoms with Gasteiger partial charge in [0.1, 0.15) is 13.7 Å². The van der Waals surface area contributed by atoms with Crippen LogP contribution in [0.5, 0.6) is 0 Å². The molecule has 0 amide bonds. The highest BCUT2D eigenvalue weighted by Gasteiger charge is 2.15. The highest BCUT2D eigenvalue weighted by molar-refractivity contribution is 5.51. The molecule has 0 aromatic rings. The van der Waals surface area contributed by atoms with Gasteiger partial charge >= 0.3 is 0 Å². The minimum Gasteiger partial charge on any atom is -0.386 e. The molecule has 1 unspecified atom stereocenters. The Labute approximate surface area is 146 Å². The summed E-state index contributed by atoms with van der Waals surface area (Å²) in [4.78, 5) is 0. The van der Waals surface area contributed by atoms with Crippen molar-refractivity contribution in [1.29, 1.82) is 0 Å². The first-order chi connectivity index (χ1) is 11.3. The van der Waals surface area contributed by atoms with Crippen molar-refractivity contribution in [1.82, 2.24) is 0 Å². The molecule has 0 heterocycles. The molecule has 1 N–H and O–H groups in total. The van der Waals surface area contributed by atoms with Gasteiger partial charge in [0.05, 0.1) is 0 Å². The van der Waals surface area contributed by atoms with Crippen LogP contribution in [0.2, 0.25) is 0 Å². The van der Waals surface area contributed by atoms with Crippen LogP contribution in [0.15, 0.2) is 0 Å². The molecule has 0 aliphatic carbocycles. The van der Waals surface area contributed by atoms with Gasteiger partial charge in [0.25, 0.3) is 0 Å². The largest absolute Gasteiger partial charge is 0.386 e. The van der Waals surface area contributed by atoms with E-state index in [0.29, 0.717) is 6.04 Å². The van der Waals surface area contributed by atoms with E-state index < -0.39 is 0 Å². The third kappa shape index (κ3) is 14.9. The Morgan fingerprint density at radius 3 is 1.61 bits per heavy atom. The lowest BCUT2D eigenvalue weighted by molar-refractivity contribution is -0.537. The summed E-state index contributed by atoms with van der Waals surface area (Å²) in [5, 5.41) is 9.03. The topological polar surface area (TPSA) is 23.2 Å². The maximum Gasteiger partial charge on any atom is 0.165 e. The van der Waals surface area contributed by atoms with E-state index in [-0.39, 0.29) is 6.61 Å². The molecule has 0 aliphatic rings. The molecule has 0 saturated carbocycles. The van der Waals surface area contributed by atoms with Gasteiger partial charge in [-0.25, -0.2) is 4.58 Å². The highest BCUT2D eigenvalue weighted by atomic mass is 16.3. The summed E-state index contributed by atoms with van der Waals surface area (Å²) < 4.78 is 2.22. The Kier molecular flexibility index (Phi) is 17.7. The molecular formula is C21H44NO+. The van der Waals surface area contributed by atoms with Gasteiger partial charge in [-0.1, -0.05) is 84.5 Å². The van der Waals surface area contributed by atoms with Gasteiger partial charge in [0, 0.05) is 12.8 Å². The second-order valence-electron chi connectivity index (χ2n) is 7.15. The first-order valence-electron chi connectivity index (χ1n) is 10.4. The normalized spacial score (nSPS) is 13.5. The van der Waals surface area contributed by atoms with Crippen LogP contribution in [0.25, 0.3) is 0 Å². The summed E-state index contributed by atoms with van der Waals surface area (Å²) in [5.41, 5.74) is 0. The number of nitrogens with zero attached hydrogens (tertiary/aromatic N) is 1. The van der Waals surface area contributed by atoms with Gasteiger partial charge in [0.2, 0.25) is 0 Å². The van der Waals surface area contributed by atoms with Crippen LogP contribution < -0.4 is 0 Å². The lowest BCUT2D eigenvalue weighted by atomic mass is 10.0. The zero-order valence-electron chi connectivity index (χ0n) is 16.4. The minimum atomic E-state index is 0.162. The van der Waals surface area contributed by atoms with E-state index in [9.17, 15) is 0 Å². The number of unbranched alkanes of at least 4 members (excludes halogenated alkanes) is 11. The van der Waals surface area contributed by atoms with E-state index in [1.807, 2.05) is 6.21 Å². The van der Waals surface area contributed by atoms with E-state index >= 15 is 0 Å². The van der Waals surface area contributed by atoms with Crippen molar-refractivity contribution in [3.8, 4) is 0 Å². The molecule has 2 heteroatoms. The third-order valence-electron chi connectivity index (χ3n) is 4.96. The molecule has 1 atom stereocenters. The molecular weight excluding hydrogens is 282 g/mol. The van der Waals surface area contributed by atoms with Crippen LogP contribution in [-0.4, -0.2) is 35.6 Å². The SMILES string of the molecule is CCCCCCCCCCCCCCC(CCC)[N+](C)=CCO. The summed E-state index contributed by atoms with van der Waals surface area (Å²) in [6, 6.07) is 0.621. The molecule has 0 rings (SSSR count). The zero-order valence-corrected chi connectivity index (χ0v) is 16.4. The Bertz CT molecular complexity index is 263. The van der Waals surface area contributed by atoms with Gasteiger partial charge in [-0.2, -0.15) is 0 Å². The number of aliphatic hydroxyl groups is 1. The molecule has 0 aliphatic heterocycles. The summed E-state index contributed by atoms with van der Waals surface area (Å²) in [6.45, 7) is 4.70. The average molecular weight is 327 g/mol. The van der Waals surface area contributed by atoms with Crippen molar-refractivity contribution in [2.24, 2.45) is 0 Å². The average Bonchev–Trinajstić information content (AvgIpc) is 2.55. The number of rotatable bonds is 17. The molecule has 2 nitrogen and oxygen atoms in total. The fourth-order valence-corrected chi connectivity index (χ4v) is 3.38. The second-order valence-corrected chi connectivity index (χ2v) is 7.15. The van der Waals surface area contributed by atoms with Gasteiger partial charge in [-0.15, -0.1) is 0 Å². The molecule has 0 radical (unpaired) electrons. The fraction of sp³-hybridized carbons (Fsp3) is 0.952. The Hall–Kier alpha value is -0.370. The van der Waals surface area contributed by atoms with E-state index in [2.05, 4.69) is 25.5 Å². The summed E-state index contributed by atoms with van der Waals surface area (Å²) >= 11 is 0. The predicted octanol–water partition coefficient (Wildman–Crippen LogP) is 5.95. The summed E-state index contributed by atoms with van der Waals surface area (Å²) in [6.07, 6.45) is 22.7. The minimum absolute atomic E-state index is 0.162. The molecule has 0 spiro atoms. The second kappa shape index (κ2) is 18.0. The van der Waals surface area contributed by atoms with Crippen molar-refractivity contribution < 1.29 is 9.68 Å². The molecule has 0 fully saturated rings. The fourth-order valence-electron chi connectivity index (χ4n) is 3.38. The monoisotopic (exact) mass is 326 g/mol. The maximum absolute atomic E-state index is 9.03. The first-order valence-corrected chi connectivity index (χ1v) is 10.4.